The zero-order valence-corrected chi connectivity index (χ0v) is 10.5. The highest BCUT2D eigenvalue weighted by atomic mass is 16.5. The number of ketones is 1. The topological polar surface area (TPSA) is 29.5 Å². The first kappa shape index (κ1) is 12.2. The van der Waals surface area contributed by atoms with Crippen LogP contribution in [0.4, 0.5) is 0 Å². The molecule has 2 rings (SSSR count). The molecule has 0 aromatic heterocycles. The van der Waals surface area contributed by atoms with Crippen LogP contribution in [0, 0.1) is 0 Å². The fourth-order valence-corrected chi connectivity index (χ4v) is 1.66. The van der Waals surface area contributed by atoms with Gasteiger partial charge in [-0.05, 0) is 36.5 Å². The molecule has 1 aliphatic heterocycles. The van der Waals surface area contributed by atoms with Crippen LogP contribution >= 0.6 is 0 Å². The van der Waals surface area contributed by atoms with E-state index in [0.29, 0.717) is 11.3 Å². The minimum atomic E-state index is -0.0378. The van der Waals surface area contributed by atoms with Crippen molar-refractivity contribution in [2.75, 3.05) is 14.2 Å². The third-order valence-electron chi connectivity index (χ3n) is 2.75. The molecule has 0 bridgehead atoms. The number of methoxy groups -OCH3 is 1. The SMILES string of the molecule is COC1=CC(=O)/C(=C/C=C2/C=CC=CN2C)C=C1. The second kappa shape index (κ2) is 5.36. The van der Waals surface area contributed by atoms with Crippen LogP contribution in [0.15, 0.2) is 71.8 Å². The van der Waals surface area contributed by atoms with E-state index in [2.05, 4.69) is 0 Å². The van der Waals surface area contributed by atoms with Gasteiger partial charge in [0.15, 0.2) is 5.78 Å². The molecule has 0 N–H and O–H groups in total. The summed E-state index contributed by atoms with van der Waals surface area (Å²) in [6, 6.07) is 0. The lowest BCUT2D eigenvalue weighted by Crippen LogP contribution is -2.10. The molecule has 0 atom stereocenters. The molecule has 0 aromatic carbocycles. The van der Waals surface area contributed by atoms with E-state index in [-0.39, 0.29) is 5.78 Å². The standard InChI is InChI=1S/C15H15NO2/c1-16-10-4-3-5-13(16)8-6-12-7-9-14(18-2)11-15(12)17/h3-11H,1-2H3/b12-6+,13-8-. The highest BCUT2D eigenvalue weighted by molar-refractivity contribution is 6.08. The Morgan fingerprint density at radius 1 is 1.17 bits per heavy atom. The predicted molar refractivity (Wildman–Crippen MR) is 71.4 cm³/mol. The Balaban J connectivity index is 2.17. The van der Waals surface area contributed by atoms with E-state index < -0.39 is 0 Å². The summed E-state index contributed by atoms with van der Waals surface area (Å²) < 4.78 is 5.00. The van der Waals surface area contributed by atoms with Crippen molar-refractivity contribution in [3.63, 3.8) is 0 Å². The Bertz CT molecular complexity index is 531. The molecule has 0 spiro atoms. The van der Waals surface area contributed by atoms with Gasteiger partial charge in [-0.15, -0.1) is 0 Å². The lowest BCUT2D eigenvalue weighted by molar-refractivity contribution is -0.111. The predicted octanol–water partition coefficient (Wildman–Crippen LogP) is 2.48. The first-order valence-corrected chi connectivity index (χ1v) is 5.68. The third kappa shape index (κ3) is 2.69. The van der Waals surface area contributed by atoms with Crippen LogP contribution in [-0.2, 0) is 9.53 Å². The van der Waals surface area contributed by atoms with E-state index in [0.717, 1.165) is 5.70 Å². The Kier molecular flexibility index (Phi) is 3.63. The minimum Gasteiger partial charge on any atom is -0.497 e. The number of hydrogen-bond donors (Lipinski definition) is 0. The van der Waals surface area contributed by atoms with Gasteiger partial charge in [0.25, 0.3) is 0 Å². The quantitative estimate of drug-likeness (QED) is 0.696. The molecule has 0 fully saturated rings. The average molecular weight is 241 g/mol. The van der Waals surface area contributed by atoms with Gasteiger partial charge in [-0.25, -0.2) is 0 Å². The van der Waals surface area contributed by atoms with Gasteiger partial charge in [0.1, 0.15) is 5.76 Å². The maximum Gasteiger partial charge on any atom is 0.189 e. The van der Waals surface area contributed by atoms with E-state index in [1.165, 1.54) is 6.08 Å². The van der Waals surface area contributed by atoms with E-state index in [1.807, 2.05) is 48.5 Å². The number of rotatable bonds is 2. The Labute approximate surface area is 107 Å². The van der Waals surface area contributed by atoms with Crippen molar-refractivity contribution in [2.24, 2.45) is 0 Å². The summed E-state index contributed by atoms with van der Waals surface area (Å²) in [5.41, 5.74) is 1.69. The fraction of sp³-hybridized carbons (Fsp3) is 0.133. The molecule has 0 saturated heterocycles. The first-order chi connectivity index (χ1) is 8.70. The Hall–Kier alpha value is -2.29. The summed E-state index contributed by atoms with van der Waals surface area (Å²) in [6.45, 7) is 0. The van der Waals surface area contributed by atoms with Crippen LogP contribution in [0.1, 0.15) is 0 Å². The monoisotopic (exact) mass is 241 g/mol. The maximum atomic E-state index is 11.8. The van der Waals surface area contributed by atoms with Gasteiger partial charge in [0.05, 0.1) is 7.11 Å². The molecule has 0 radical (unpaired) electrons. The molecule has 1 heterocycles. The van der Waals surface area contributed by atoms with Crippen LogP contribution in [0.5, 0.6) is 0 Å². The molecule has 0 saturated carbocycles. The summed E-state index contributed by atoms with van der Waals surface area (Å²) >= 11 is 0. The molecule has 18 heavy (non-hydrogen) atoms. The third-order valence-corrected chi connectivity index (χ3v) is 2.75. The van der Waals surface area contributed by atoms with Crippen molar-refractivity contribution in [1.82, 2.24) is 4.90 Å². The lowest BCUT2D eigenvalue weighted by Gasteiger charge is -2.17. The zero-order chi connectivity index (χ0) is 13.0. The molecule has 0 unspecified atom stereocenters. The van der Waals surface area contributed by atoms with Crippen molar-refractivity contribution < 1.29 is 9.53 Å². The highest BCUT2D eigenvalue weighted by Gasteiger charge is 2.10. The molecule has 0 amide bonds. The number of likely N-dealkylation sites (N-methyl/N-ethyl adjacent to an activating group) is 1. The van der Waals surface area contributed by atoms with Crippen LogP contribution in [-0.4, -0.2) is 24.8 Å². The number of hydrogen-bond acceptors (Lipinski definition) is 3. The number of carbonyl (C=O) groups is 1. The summed E-state index contributed by atoms with van der Waals surface area (Å²) in [6.07, 6.45) is 16.7. The lowest BCUT2D eigenvalue weighted by atomic mass is 10.0. The van der Waals surface area contributed by atoms with Gasteiger partial charge in [-0.3, -0.25) is 4.79 Å². The van der Waals surface area contributed by atoms with Crippen molar-refractivity contribution in [1.29, 1.82) is 0 Å². The summed E-state index contributed by atoms with van der Waals surface area (Å²) in [7, 11) is 3.51. The fourth-order valence-electron chi connectivity index (χ4n) is 1.66. The first-order valence-electron chi connectivity index (χ1n) is 5.68. The molecule has 2 aliphatic rings. The van der Waals surface area contributed by atoms with Crippen LogP contribution in [0.3, 0.4) is 0 Å². The summed E-state index contributed by atoms with van der Waals surface area (Å²) in [4.78, 5) is 13.8. The molecular formula is C15H15NO2. The molecule has 92 valence electrons. The van der Waals surface area contributed by atoms with Gasteiger partial charge in [0, 0.05) is 30.6 Å². The molecule has 0 aromatic rings. The normalized spacial score (nSPS) is 22.9. The van der Waals surface area contributed by atoms with Gasteiger partial charge >= 0.3 is 0 Å². The Morgan fingerprint density at radius 3 is 2.67 bits per heavy atom. The van der Waals surface area contributed by atoms with E-state index in [9.17, 15) is 4.79 Å². The number of nitrogens with zero attached hydrogens (tertiary/aromatic N) is 1. The van der Waals surface area contributed by atoms with Crippen LogP contribution < -0.4 is 0 Å². The van der Waals surface area contributed by atoms with Crippen molar-refractivity contribution in [3.05, 3.63) is 71.8 Å². The molecule has 1 aliphatic carbocycles. The van der Waals surface area contributed by atoms with Gasteiger partial charge in [-0.1, -0.05) is 6.08 Å². The largest absolute Gasteiger partial charge is 0.497 e. The average Bonchev–Trinajstić information content (AvgIpc) is 2.39. The van der Waals surface area contributed by atoms with Crippen LogP contribution in [0.25, 0.3) is 0 Å². The highest BCUT2D eigenvalue weighted by Crippen LogP contribution is 2.15. The van der Waals surface area contributed by atoms with Crippen molar-refractivity contribution in [2.45, 2.75) is 0 Å². The zero-order valence-electron chi connectivity index (χ0n) is 10.5. The van der Waals surface area contributed by atoms with Gasteiger partial charge in [0.2, 0.25) is 0 Å². The van der Waals surface area contributed by atoms with Gasteiger partial charge < -0.3 is 9.64 Å². The second-order valence-electron chi connectivity index (χ2n) is 3.97. The summed E-state index contributed by atoms with van der Waals surface area (Å²) in [5.74, 6) is 0.548. The van der Waals surface area contributed by atoms with Gasteiger partial charge in [-0.2, -0.15) is 0 Å². The molecule has 3 nitrogen and oxygen atoms in total. The number of ether oxygens (including phenoxy) is 1. The Morgan fingerprint density at radius 2 is 2.00 bits per heavy atom. The van der Waals surface area contributed by atoms with Crippen molar-refractivity contribution >= 4 is 5.78 Å². The number of allylic oxidation sites excluding steroid dienone is 9. The summed E-state index contributed by atoms with van der Waals surface area (Å²) in [5, 5.41) is 0. The maximum absolute atomic E-state index is 11.8. The molecular weight excluding hydrogens is 226 g/mol. The smallest absolute Gasteiger partial charge is 0.189 e. The van der Waals surface area contributed by atoms with E-state index in [1.54, 1.807) is 19.3 Å². The van der Waals surface area contributed by atoms with Crippen LogP contribution in [0.2, 0.25) is 0 Å². The number of carbonyl (C=O) groups excluding carboxylic acids is 1. The van der Waals surface area contributed by atoms with E-state index in [4.69, 9.17) is 4.74 Å². The van der Waals surface area contributed by atoms with E-state index >= 15 is 0 Å². The van der Waals surface area contributed by atoms with Crippen molar-refractivity contribution in [3.8, 4) is 0 Å². The molecule has 3 heteroatoms. The second-order valence-corrected chi connectivity index (χ2v) is 3.97. The minimum absolute atomic E-state index is 0.0378.